The summed E-state index contributed by atoms with van der Waals surface area (Å²) in [7, 11) is 0. The van der Waals surface area contributed by atoms with E-state index in [0.717, 1.165) is 22.9 Å². The largest absolute Gasteiger partial charge is 0.352 e. The highest BCUT2D eigenvalue weighted by atomic mass is 32.2. The number of hydrogen-bond donors (Lipinski definition) is 2. The van der Waals surface area contributed by atoms with Gasteiger partial charge in [-0.1, -0.05) is 12.1 Å². The van der Waals surface area contributed by atoms with E-state index in [1.807, 2.05) is 36.4 Å². The molecule has 2 aromatic heterocycles. The van der Waals surface area contributed by atoms with Gasteiger partial charge in [-0.05, 0) is 50.4 Å². The lowest BCUT2D eigenvalue weighted by Crippen LogP contribution is -2.13. The van der Waals surface area contributed by atoms with Gasteiger partial charge in [0.2, 0.25) is 5.95 Å². The number of benzene rings is 1. The van der Waals surface area contributed by atoms with Crippen molar-refractivity contribution in [1.82, 2.24) is 15.0 Å². The number of hydrogen-bond acceptors (Lipinski definition) is 6. The second-order valence-corrected chi connectivity index (χ2v) is 6.71. The Morgan fingerprint density at radius 3 is 2.56 bits per heavy atom. The third-order valence-corrected chi connectivity index (χ3v) is 4.14. The lowest BCUT2D eigenvalue weighted by atomic mass is 10.2. The van der Waals surface area contributed by atoms with Gasteiger partial charge < -0.3 is 10.6 Å². The summed E-state index contributed by atoms with van der Waals surface area (Å²) in [6.45, 7) is 4.12. The number of aromatic nitrogens is 3. The zero-order valence-corrected chi connectivity index (χ0v) is 15.3. The third-order valence-electron chi connectivity index (χ3n) is 3.41. The van der Waals surface area contributed by atoms with E-state index in [1.54, 1.807) is 18.0 Å². The molecule has 128 valence electrons. The summed E-state index contributed by atoms with van der Waals surface area (Å²) >= 11 is 1.71. The normalized spacial score (nSPS) is 10.7. The van der Waals surface area contributed by atoms with Crippen LogP contribution in [-0.2, 0) is 0 Å². The Bertz CT molecular complexity index is 836. The fourth-order valence-electron chi connectivity index (χ4n) is 2.33. The fraction of sp³-hybridized carbons (Fsp3) is 0.211. The van der Waals surface area contributed by atoms with Crippen molar-refractivity contribution in [2.75, 3.05) is 16.9 Å². The van der Waals surface area contributed by atoms with E-state index >= 15 is 0 Å². The molecule has 0 bridgehead atoms. The van der Waals surface area contributed by atoms with Crippen LogP contribution >= 0.6 is 11.8 Å². The maximum absolute atomic E-state index is 4.59. The molecule has 0 spiro atoms. The molecule has 0 radical (unpaired) electrons. The lowest BCUT2D eigenvalue weighted by molar-refractivity contribution is 0.875. The molecule has 2 heterocycles. The van der Waals surface area contributed by atoms with Gasteiger partial charge in [0.15, 0.2) is 0 Å². The Morgan fingerprint density at radius 1 is 0.960 bits per heavy atom. The molecule has 1 aromatic carbocycles. The van der Waals surface area contributed by atoms with Gasteiger partial charge in [0.25, 0.3) is 0 Å². The maximum atomic E-state index is 4.59. The smallest absolute Gasteiger partial charge is 0.225 e. The first-order chi connectivity index (χ1) is 12.1. The first-order valence-electron chi connectivity index (χ1n) is 8.12. The highest BCUT2D eigenvalue weighted by Crippen LogP contribution is 2.25. The van der Waals surface area contributed by atoms with Crippen LogP contribution in [0.15, 0.2) is 59.6 Å². The van der Waals surface area contributed by atoms with Gasteiger partial charge in [-0.3, -0.25) is 4.98 Å². The molecule has 0 fully saturated rings. The Labute approximate surface area is 152 Å². The molecule has 0 aliphatic carbocycles. The minimum absolute atomic E-state index is 0.242. The second kappa shape index (κ2) is 7.98. The van der Waals surface area contributed by atoms with Crippen molar-refractivity contribution in [2.24, 2.45) is 0 Å². The van der Waals surface area contributed by atoms with Crippen LogP contribution in [0.5, 0.6) is 0 Å². The molecule has 0 saturated carbocycles. The van der Waals surface area contributed by atoms with Crippen molar-refractivity contribution in [3.63, 3.8) is 0 Å². The Balaban J connectivity index is 1.96. The van der Waals surface area contributed by atoms with E-state index in [9.17, 15) is 0 Å². The molecule has 3 rings (SSSR count). The molecule has 0 saturated heterocycles. The van der Waals surface area contributed by atoms with Crippen LogP contribution < -0.4 is 10.6 Å². The number of pyridine rings is 1. The van der Waals surface area contributed by atoms with E-state index < -0.39 is 0 Å². The molecule has 5 nitrogen and oxygen atoms in total. The summed E-state index contributed by atoms with van der Waals surface area (Å²) in [5, 5.41) is 6.64. The number of nitrogens with zero attached hydrogens (tertiary/aromatic N) is 3. The van der Waals surface area contributed by atoms with Gasteiger partial charge in [-0.15, -0.1) is 11.8 Å². The third kappa shape index (κ3) is 4.70. The fourth-order valence-corrected chi connectivity index (χ4v) is 2.79. The summed E-state index contributed by atoms with van der Waals surface area (Å²) in [5.41, 5.74) is 2.59. The maximum Gasteiger partial charge on any atom is 0.225 e. The predicted octanol–water partition coefficient (Wildman–Crippen LogP) is 4.82. The van der Waals surface area contributed by atoms with Gasteiger partial charge in [0.05, 0.1) is 11.4 Å². The lowest BCUT2D eigenvalue weighted by Gasteiger charge is -2.13. The Kier molecular flexibility index (Phi) is 5.50. The van der Waals surface area contributed by atoms with Gasteiger partial charge in [0.1, 0.15) is 5.82 Å². The summed E-state index contributed by atoms with van der Waals surface area (Å²) in [5.74, 6) is 1.32. The zero-order valence-electron chi connectivity index (χ0n) is 14.5. The van der Waals surface area contributed by atoms with Gasteiger partial charge in [-0.25, -0.2) is 4.98 Å². The average molecular weight is 351 g/mol. The van der Waals surface area contributed by atoms with Crippen LogP contribution in [0.3, 0.4) is 0 Å². The molecule has 0 aliphatic heterocycles. The molecular formula is C19H21N5S. The van der Waals surface area contributed by atoms with Crippen molar-refractivity contribution in [1.29, 1.82) is 0 Å². The van der Waals surface area contributed by atoms with Gasteiger partial charge in [0, 0.05) is 28.9 Å². The van der Waals surface area contributed by atoms with Crippen molar-refractivity contribution >= 4 is 29.2 Å². The topological polar surface area (TPSA) is 62.7 Å². The number of rotatable bonds is 6. The minimum Gasteiger partial charge on any atom is -0.352 e. The molecule has 2 N–H and O–H groups in total. The quantitative estimate of drug-likeness (QED) is 0.621. The predicted molar refractivity (Wildman–Crippen MR) is 106 cm³/mol. The summed E-state index contributed by atoms with van der Waals surface area (Å²) < 4.78 is 0. The van der Waals surface area contributed by atoms with Crippen molar-refractivity contribution in [3.8, 4) is 11.4 Å². The summed E-state index contributed by atoms with van der Waals surface area (Å²) in [6, 6.07) is 16.2. The second-order valence-electron chi connectivity index (χ2n) is 5.83. The Hall–Kier alpha value is -2.60. The first kappa shape index (κ1) is 17.2. The SMILES string of the molecule is CSc1cccc(Nc2cc(-c3ccccn3)nc(NC(C)C)n2)c1. The summed E-state index contributed by atoms with van der Waals surface area (Å²) in [4.78, 5) is 14.8. The van der Waals surface area contributed by atoms with Crippen LogP contribution in [0.2, 0.25) is 0 Å². The molecule has 25 heavy (non-hydrogen) atoms. The van der Waals surface area contributed by atoms with E-state index in [1.165, 1.54) is 4.90 Å². The van der Waals surface area contributed by atoms with Crippen LogP contribution in [0.1, 0.15) is 13.8 Å². The van der Waals surface area contributed by atoms with E-state index in [2.05, 4.69) is 57.8 Å². The van der Waals surface area contributed by atoms with Crippen molar-refractivity contribution in [3.05, 3.63) is 54.7 Å². The molecule has 0 amide bonds. The number of thioether (sulfide) groups is 1. The van der Waals surface area contributed by atoms with Gasteiger partial charge >= 0.3 is 0 Å². The average Bonchev–Trinajstić information content (AvgIpc) is 2.62. The molecule has 3 aromatic rings. The van der Waals surface area contributed by atoms with Crippen LogP contribution in [0.4, 0.5) is 17.5 Å². The zero-order chi connectivity index (χ0) is 17.6. The number of anilines is 3. The highest BCUT2D eigenvalue weighted by molar-refractivity contribution is 7.98. The highest BCUT2D eigenvalue weighted by Gasteiger charge is 2.09. The molecule has 0 aliphatic rings. The van der Waals surface area contributed by atoms with Gasteiger partial charge in [-0.2, -0.15) is 4.98 Å². The standard InChI is InChI=1S/C19H21N5S/c1-13(2)21-19-23-17(16-9-4-5-10-20-16)12-18(24-19)22-14-7-6-8-15(11-14)25-3/h4-13H,1-3H3,(H2,21,22,23,24). The van der Waals surface area contributed by atoms with Crippen molar-refractivity contribution < 1.29 is 0 Å². The van der Waals surface area contributed by atoms with Crippen LogP contribution in [0, 0.1) is 0 Å². The molecule has 0 atom stereocenters. The monoisotopic (exact) mass is 351 g/mol. The van der Waals surface area contributed by atoms with Crippen molar-refractivity contribution in [2.45, 2.75) is 24.8 Å². The number of nitrogens with one attached hydrogen (secondary N) is 2. The molecule has 0 unspecified atom stereocenters. The minimum atomic E-state index is 0.242. The molecule has 6 heteroatoms. The van der Waals surface area contributed by atoms with E-state index in [4.69, 9.17) is 0 Å². The van der Waals surface area contributed by atoms with E-state index in [-0.39, 0.29) is 6.04 Å². The van der Waals surface area contributed by atoms with E-state index in [0.29, 0.717) is 5.95 Å². The van der Waals surface area contributed by atoms with Crippen LogP contribution in [0.25, 0.3) is 11.4 Å². The molecular weight excluding hydrogens is 330 g/mol. The Morgan fingerprint density at radius 2 is 1.84 bits per heavy atom. The summed E-state index contributed by atoms with van der Waals surface area (Å²) in [6.07, 6.45) is 3.83. The van der Waals surface area contributed by atoms with Crippen LogP contribution in [-0.4, -0.2) is 27.2 Å². The first-order valence-corrected chi connectivity index (χ1v) is 9.34.